The zero-order chi connectivity index (χ0) is 17.1. The van der Waals surface area contributed by atoms with E-state index in [-0.39, 0.29) is 11.8 Å². The molecule has 24 heavy (non-hydrogen) atoms. The molecule has 130 valence electrons. The first-order valence-electron chi connectivity index (χ1n) is 8.47. The lowest BCUT2D eigenvalue weighted by Gasteiger charge is -2.17. The maximum atomic E-state index is 12.6. The largest absolute Gasteiger partial charge is 0.383 e. The average molecular weight is 367 g/mol. The quantitative estimate of drug-likeness (QED) is 0.808. The standard InChI is InChI=1S/C18H23ClN2O2S/c1-12-14(19)8-9-15-16(12)21(10-11-23-2)18(24-15)20-17(22)13-6-4-3-5-7-13/h8-9,13H,3-7,10-11H2,1-2H3. The first-order valence-corrected chi connectivity index (χ1v) is 9.67. The van der Waals surface area contributed by atoms with Gasteiger partial charge in [-0.15, -0.1) is 0 Å². The zero-order valence-electron chi connectivity index (χ0n) is 14.2. The predicted octanol–water partition coefficient (Wildman–Crippen LogP) is 4.32. The molecule has 1 aliphatic carbocycles. The Kier molecular flexibility index (Phi) is 5.74. The second-order valence-electron chi connectivity index (χ2n) is 6.33. The number of hydrogen-bond acceptors (Lipinski definition) is 3. The maximum absolute atomic E-state index is 12.6. The van der Waals surface area contributed by atoms with E-state index in [0.717, 1.165) is 51.3 Å². The molecule has 1 saturated carbocycles. The first kappa shape index (κ1) is 17.6. The van der Waals surface area contributed by atoms with Crippen LogP contribution >= 0.6 is 22.9 Å². The van der Waals surface area contributed by atoms with E-state index in [2.05, 4.69) is 9.56 Å². The number of carbonyl (C=O) groups is 1. The van der Waals surface area contributed by atoms with Crippen molar-refractivity contribution in [3.63, 3.8) is 0 Å². The van der Waals surface area contributed by atoms with Gasteiger partial charge in [-0.1, -0.05) is 42.2 Å². The molecule has 0 atom stereocenters. The summed E-state index contributed by atoms with van der Waals surface area (Å²) in [6.45, 7) is 3.24. The second kappa shape index (κ2) is 7.81. The number of carbonyl (C=O) groups excluding carboxylic acids is 1. The second-order valence-corrected chi connectivity index (χ2v) is 7.75. The lowest BCUT2D eigenvalue weighted by Crippen LogP contribution is -2.23. The van der Waals surface area contributed by atoms with E-state index in [9.17, 15) is 4.79 Å². The molecule has 1 heterocycles. The summed E-state index contributed by atoms with van der Waals surface area (Å²) in [6, 6.07) is 3.91. The van der Waals surface area contributed by atoms with Crippen molar-refractivity contribution in [3.05, 3.63) is 27.5 Å². The Morgan fingerprint density at radius 3 is 2.83 bits per heavy atom. The van der Waals surface area contributed by atoms with Gasteiger partial charge in [0.05, 0.1) is 16.8 Å². The highest BCUT2D eigenvalue weighted by molar-refractivity contribution is 7.16. The Morgan fingerprint density at radius 1 is 1.38 bits per heavy atom. The number of aryl methyl sites for hydroxylation is 1. The molecule has 1 aromatic heterocycles. The highest BCUT2D eigenvalue weighted by atomic mass is 35.5. The molecule has 0 saturated heterocycles. The third-order valence-electron chi connectivity index (χ3n) is 4.71. The normalized spacial score (nSPS) is 16.9. The van der Waals surface area contributed by atoms with E-state index in [1.807, 2.05) is 19.1 Å². The fraction of sp³-hybridized carbons (Fsp3) is 0.556. The van der Waals surface area contributed by atoms with Crippen LogP contribution in [0.1, 0.15) is 37.7 Å². The van der Waals surface area contributed by atoms with E-state index >= 15 is 0 Å². The third kappa shape index (κ3) is 3.58. The number of ether oxygens (including phenoxy) is 1. The third-order valence-corrected chi connectivity index (χ3v) is 6.16. The van der Waals surface area contributed by atoms with Crippen LogP contribution in [0.4, 0.5) is 0 Å². The van der Waals surface area contributed by atoms with Gasteiger partial charge in [-0.25, -0.2) is 0 Å². The molecule has 0 radical (unpaired) electrons. The fourth-order valence-electron chi connectivity index (χ4n) is 3.33. The van der Waals surface area contributed by atoms with Crippen molar-refractivity contribution in [3.8, 4) is 0 Å². The molecule has 1 aromatic carbocycles. The van der Waals surface area contributed by atoms with Crippen molar-refractivity contribution >= 4 is 39.1 Å². The van der Waals surface area contributed by atoms with Crippen LogP contribution in [0, 0.1) is 12.8 Å². The summed E-state index contributed by atoms with van der Waals surface area (Å²) in [5.74, 6) is 0.112. The van der Waals surface area contributed by atoms with E-state index in [0.29, 0.717) is 13.2 Å². The van der Waals surface area contributed by atoms with E-state index in [1.165, 1.54) is 6.42 Å². The van der Waals surface area contributed by atoms with Gasteiger partial charge in [0.2, 0.25) is 0 Å². The molecule has 1 amide bonds. The molecule has 4 nitrogen and oxygen atoms in total. The van der Waals surface area contributed by atoms with E-state index in [1.54, 1.807) is 18.4 Å². The van der Waals surface area contributed by atoms with Gasteiger partial charge >= 0.3 is 0 Å². The minimum absolute atomic E-state index is 0.0242. The highest BCUT2D eigenvalue weighted by Gasteiger charge is 2.21. The number of rotatable bonds is 4. The fourth-order valence-corrected chi connectivity index (χ4v) is 4.60. The Labute approximate surface area is 151 Å². The topological polar surface area (TPSA) is 43.6 Å². The summed E-state index contributed by atoms with van der Waals surface area (Å²) in [4.78, 5) is 17.8. The summed E-state index contributed by atoms with van der Waals surface area (Å²) in [5.41, 5.74) is 2.08. The minimum atomic E-state index is 0.0242. The highest BCUT2D eigenvalue weighted by Crippen LogP contribution is 2.28. The predicted molar refractivity (Wildman–Crippen MR) is 98.6 cm³/mol. The molecule has 1 aliphatic rings. The summed E-state index contributed by atoms with van der Waals surface area (Å²) in [7, 11) is 1.68. The molecule has 2 aromatic rings. The lowest BCUT2D eigenvalue weighted by molar-refractivity contribution is -0.122. The number of fused-ring (bicyclic) bond motifs is 1. The number of hydrogen-bond donors (Lipinski definition) is 0. The van der Waals surface area contributed by atoms with Crippen molar-refractivity contribution in [1.82, 2.24) is 4.57 Å². The van der Waals surface area contributed by atoms with Gasteiger partial charge in [-0.05, 0) is 37.5 Å². The Hall–Kier alpha value is -1.17. The number of aromatic nitrogens is 1. The van der Waals surface area contributed by atoms with Crippen LogP contribution in [-0.4, -0.2) is 24.2 Å². The molecule has 6 heteroatoms. The Balaban J connectivity index is 2.07. The monoisotopic (exact) mass is 366 g/mol. The van der Waals surface area contributed by atoms with Crippen molar-refractivity contribution in [2.45, 2.75) is 45.6 Å². The number of halogens is 1. The molecule has 0 bridgehead atoms. The van der Waals surface area contributed by atoms with Crippen LogP contribution in [0.15, 0.2) is 17.1 Å². The molecule has 0 spiro atoms. The maximum Gasteiger partial charge on any atom is 0.251 e. The zero-order valence-corrected chi connectivity index (χ0v) is 15.8. The average Bonchev–Trinajstić information content (AvgIpc) is 2.95. The van der Waals surface area contributed by atoms with Gasteiger partial charge < -0.3 is 9.30 Å². The molecular weight excluding hydrogens is 344 g/mol. The van der Waals surface area contributed by atoms with Crippen molar-refractivity contribution in [2.24, 2.45) is 10.9 Å². The van der Waals surface area contributed by atoms with Crippen LogP contribution in [0.5, 0.6) is 0 Å². The molecule has 0 aliphatic heterocycles. The number of thiazole rings is 1. The van der Waals surface area contributed by atoms with Crippen molar-refractivity contribution in [1.29, 1.82) is 0 Å². The van der Waals surface area contributed by atoms with Crippen molar-refractivity contribution < 1.29 is 9.53 Å². The molecule has 0 N–H and O–H groups in total. The summed E-state index contributed by atoms with van der Waals surface area (Å²) in [6.07, 6.45) is 5.44. The number of nitrogens with zero attached hydrogens (tertiary/aromatic N) is 2. The number of methoxy groups -OCH3 is 1. The van der Waals surface area contributed by atoms with E-state index in [4.69, 9.17) is 16.3 Å². The van der Waals surface area contributed by atoms with Gasteiger partial charge in [0, 0.05) is 24.6 Å². The Bertz CT molecular complexity index is 803. The van der Waals surface area contributed by atoms with Crippen LogP contribution < -0.4 is 4.80 Å². The van der Waals surface area contributed by atoms with Gasteiger partial charge in [0.1, 0.15) is 0 Å². The SMILES string of the molecule is COCCn1c(=NC(=O)C2CCCCC2)sc2ccc(Cl)c(C)c21. The van der Waals surface area contributed by atoms with Crippen molar-refractivity contribution in [2.75, 3.05) is 13.7 Å². The summed E-state index contributed by atoms with van der Waals surface area (Å²) in [5, 5.41) is 0.733. The summed E-state index contributed by atoms with van der Waals surface area (Å²) < 4.78 is 8.41. The van der Waals surface area contributed by atoms with Crippen LogP contribution in [0.25, 0.3) is 10.2 Å². The smallest absolute Gasteiger partial charge is 0.251 e. The van der Waals surface area contributed by atoms with Gasteiger partial charge in [0.15, 0.2) is 4.80 Å². The molecule has 1 fully saturated rings. The van der Waals surface area contributed by atoms with Crippen LogP contribution in [0.2, 0.25) is 5.02 Å². The lowest BCUT2D eigenvalue weighted by atomic mass is 9.89. The molecule has 0 unspecified atom stereocenters. The first-order chi connectivity index (χ1) is 11.6. The van der Waals surface area contributed by atoms with Gasteiger partial charge in [-0.2, -0.15) is 4.99 Å². The summed E-state index contributed by atoms with van der Waals surface area (Å²) >= 11 is 7.84. The van der Waals surface area contributed by atoms with E-state index < -0.39 is 0 Å². The van der Waals surface area contributed by atoms with Crippen LogP contribution in [-0.2, 0) is 16.1 Å². The van der Waals surface area contributed by atoms with Gasteiger partial charge in [0.25, 0.3) is 5.91 Å². The molecule has 3 rings (SSSR count). The Morgan fingerprint density at radius 2 is 2.12 bits per heavy atom. The molecular formula is C18H23ClN2O2S. The minimum Gasteiger partial charge on any atom is -0.383 e. The number of benzene rings is 1. The van der Waals surface area contributed by atoms with Gasteiger partial charge in [-0.3, -0.25) is 4.79 Å². The van der Waals surface area contributed by atoms with Crippen LogP contribution in [0.3, 0.4) is 0 Å². The number of amides is 1.